The molecule has 1 aromatic carbocycles. The monoisotopic (exact) mass is 371 g/mol. The summed E-state index contributed by atoms with van der Waals surface area (Å²) in [5, 5.41) is 9.60. The van der Waals surface area contributed by atoms with Crippen molar-refractivity contribution in [3.63, 3.8) is 0 Å². The number of hydrogen-bond acceptors (Lipinski definition) is 2. The molecule has 0 spiro atoms. The summed E-state index contributed by atoms with van der Waals surface area (Å²) in [5.74, 6) is 3.49. The van der Waals surface area contributed by atoms with Crippen molar-refractivity contribution >= 4 is 5.91 Å². The number of carbonyl (C=O) groups excluding carboxylic acids is 1. The summed E-state index contributed by atoms with van der Waals surface area (Å²) in [6.45, 7) is 3.34. The van der Waals surface area contributed by atoms with Crippen LogP contribution in [0.1, 0.15) is 44.6 Å². The van der Waals surface area contributed by atoms with Crippen LogP contribution < -0.4 is 0 Å². The lowest BCUT2D eigenvalue weighted by Crippen LogP contribution is -2.60. The van der Waals surface area contributed by atoms with Gasteiger partial charge in [-0.2, -0.15) is 0 Å². The molecule has 27 heavy (non-hydrogen) atoms. The smallest absolute Gasteiger partial charge is 0.223 e. The van der Waals surface area contributed by atoms with Gasteiger partial charge in [-0.1, -0.05) is 25.1 Å². The summed E-state index contributed by atoms with van der Waals surface area (Å²) in [6, 6.07) is 7.12. The van der Waals surface area contributed by atoms with Gasteiger partial charge in [0.25, 0.3) is 0 Å². The number of rotatable bonds is 4. The molecule has 1 aromatic rings. The Bertz CT molecular complexity index is 712. The van der Waals surface area contributed by atoms with Gasteiger partial charge in [-0.3, -0.25) is 4.79 Å². The molecule has 0 aromatic heterocycles. The first kappa shape index (κ1) is 17.7. The summed E-state index contributed by atoms with van der Waals surface area (Å²) in [6.07, 6.45) is 5.67. The van der Waals surface area contributed by atoms with Gasteiger partial charge in [-0.05, 0) is 78.7 Å². The lowest BCUT2D eigenvalue weighted by atomic mass is 9.41. The molecule has 0 atom stereocenters. The quantitative estimate of drug-likeness (QED) is 0.878. The molecule has 1 saturated heterocycles. The maximum atomic E-state index is 14.5. The third-order valence-corrected chi connectivity index (χ3v) is 8.64. The van der Waals surface area contributed by atoms with Crippen LogP contribution in [0.4, 0.5) is 4.39 Å². The zero-order valence-corrected chi connectivity index (χ0v) is 16.1. The van der Waals surface area contributed by atoms with E-state index in [1.165, 1.54) is 25.7 Å². The average molecular weight is 371 g/mol. The minimum Gasteiger partial charge on any atom is -0.389 e. The number of aliphatic hydroxyl groups excluding tert-OH is 1. The molecule has 146 valence electrons. The zero-order valence-electron chi connectivity index (χ0n) is 16.1. The van der Waals surface area contributed by atoms with E-state index in [1.807, 2.05) is 12.1 Å². The Morgan fingerprint density at radius 1 is 1.15 bits per heavy atom. The lowest BCUT2D eigenvalue weighted by Gasteiger charge is -2.64. The van der Waals surface area contributed by atoms with E-state index in [2.05, 4.69) is 6.92 Å². The highest BCUT2D eigenvalue weighted by Crippen LogP contribution is 2.66. The van der Waals surface area contributed by atoms with Crippen molar-refractivity contribution in [3.05, 3.63) is 35.6 Å². The van der Waals surface area contributed by atoms with Crippen molar-refractivity contribution in [2.75, 3.05) is 13.1 Å². The molecular weight excluding hydrogens is 341 g/mol. The molecule has 1 aliphatic heterocycles. The number of amides is 1. The molecule has 1 amide bonds. The molecule has 4 heteroatoms. The van der Waals surface area contributed by atoms with E-state index in [9.17, 15) is 14.3 Å². The number of hydrogen-bond donors (Lipinski definition) is 1. The molecule has 1 heterocycles. The van der Waals surface area contributed by atoms with E-state index in [0.29, 0.717) is 37.8 Å². The van der Waals surface area contributed by atoms with Gasteiger partial charge in [0, 0.05) is 19.5 Å². The number of aliphatic hydroxyl groups is 1. The highest BCUT2D eigenvalue weighted by molar-refractivity contribution is 5.78. The van der Waals surface area contributed by atoms with Crippen LogP contribution >= 0.6 is 0 Å². The fraction of sp³-hybridized carbons (Fsp3) is 0.696. The van der Waals surface area contributed by atoms with Crippen LogP contribution in [-0.2, 0) is 11.2 Å². The van der Waals surface area contributed by atoms with Gasteiger partial charge in [-0.25, -0.2) is 4.39 Å². The standard InChI is InChI=1S/C23H30FNO2/c1-14-16-6-18-8-17(14)9-19(7-16)23(18,10-15-4-2-3-5-21(15)24)11-22(27)25-12-20(26)13-25/h2-5,14,16-20,26H,6-13H2,1H3. The number of β-amino-alcohol motifs (C(OH)–C–C–N with tert-alkyl or cyclic N) is 1. The van der Waals surface area contributed by atoms with Crippen LogP contribution in [0, 0.1) is 40.8 Å². The number of carbonyl (C=O) groups is 1. The third-order valence-electron chi connectivity index (χ3n) is 8.64. The van der Waals surface area contributed by atoms with Gasteiger partial charge in [0.15, 0.2) is 0 Å². The van der Waals surface area contributed by atoms with E-state index >= 15 is 0 Å². The zero-order chi connectivity index (χ0) is 18.8. The third kappa shape index (κ3) is 2.74. The molecule has 4 saturated carbocycles. The minimum atomic E-state index is -0.365. The topological polar surface area (TPSA) is 40.5 Å². The first-order valence-electron chi connectivity index (χ1n) is 10.7. The van der Waals surface area contributed by atoms with Gasteiger partial charge in [0.1, 0.15) is 5.82 Å². The van der Waals surface area contributed by atoms with Gasteiger partial charge in [0.2, 0.25) is 5.91 Å². The SMILES string of the molecule is CC1C2CC3CC1CC(C2)C3(CC(=O)N1CC(O)C1)Cc1ccccc1F. The first-order chi connectivity index (χ1) is 13.0. The van der Waals surface area contributed by atoms with Gasteiger partial charge in [0.05, 0.1) is 6.10 Å². The highest BCUT2D eigenvalue weighted by atomic mass is 19.1. The normalized spacial score (nSPS) is 40.3. The van der Waals surface area contributed by atoms with Crippen LogP contribution in [0.3, 0.4) is 0 Å². The van der Waals surface area contributed by atoms with Crippen LogP contribution in [0.5, 0.6) is 0 Å². The second kappa shape index (κ2) is 6.30. The van der Waals surface area contributed by atoms with E-state index < -0.39 is 0 Å². The Morgan fingerprint density at radius 2 is 1.74 bits per heavy atom. The Hall–Kier alpha value is -1.42. The van der Waals surface area contributed by atoms with E-state index in [1.54, 1.807) is 17.0 Å². The second-order valence-electron chi connectivity index (χ2n) is 9.85. The minimum absolute atomic E-state index is 0.104. The van der Waals surface area contributed by atoms with Crippen LogP contribution in [0.25, 0.3) is 0 Å². The van der Waals surface area contributed by atoms with Gasteiger partial charge < -0.3 is 10.0 Å². The average Bonchev–Trinajstić information content (AvgIpc) is 2.59. The molecule has 0 radical (unpaired) electrons. The molecule has 6 rings (SSSR count). The number of nitrogens with zero attached hydrogens (tertiary/aromatic N) is 1. The molecule has 5 fully saturated rings. The van der Waals surface area contributed by atoms with Crippen molar-refractivity contribution in [1.82, 2.24) is 4.90 Å². The van der Waals surface area contributed by atoms with Crippen molar-refractivity contribution in [3.8, 4) is 0 Å². The summed E-state index contributed by atoms with van der Waals surface area (Å²) < 4.78 is 14.5. The summed E-state index contributed by atoms with van der Waals surface area (Å²) in [7, 11) is 0. The van der Waals surface area contributed by atoms with Crippen molar-refractivity contribution in [2.24, 2.45) is 35.0 Å². The first-order valence-corrected chi connectivity index (χ1v) is 10.7. The number of likely N-dealkylation sites (tertiary alicyclic amines) is 1. The fourth-order valence-corrected chi connectivity index (χ4v) is 7.05. The number of benzene rings is 1. The molecular formula is C23H30FNO2. The van der Waals surface area contributed by atoms with Crippen molar-refractivity contribution in [2.45, 2.75) is 51.6 Å². The second-order valence-corrected chi connectivity index (χ2v) is 9.85. The number of halogens is 1. The van der Waals surface area contributed by atoms with Crippen molar-refractivity contribution in [1.29, 1.82) is 0 Å². The maximum Gasteiger partial charge on any atom is 0.223 e. The van der Waals surface area contributed by atoms with Crippen LogP contribution in [-0.4, -0.2) is 35.1 Å². The Morgan fingerprint density at radius 3 is 2.30 bits per heavy atom. The molecule has 4 bridgehead atoms. The van der Waals surface area contributed by atoms with Crippen LogP contribution in [0.2, 0.25) is 0 Å². The van der Waals surface area contributed by atoms with E-state index in [0.717, 1.165) is 23.3 Å². The lowest BCUT2D eigenvalue weighted by molar-refractivity contribution is -0.164. The summed E-state index contributed by atoms with van der Waals surface area (Å²) in [5.41, 5.74) is 0.668. The fourth-order valence-electron chi connectivity index (χ4n) is 7.05. The van der Waals surface area contributed by atoms with Gasteiger partial charge >= 0.3 is 0 Å². The molecule has 3 nitrogen and oxygen atoms in total. The molecule has 1 N–H and O–H groups in total. The molecule has 5 aliphatic rings. The van der Waals surface area contributed by atoms with E-state index in [-0.39, 0.29) is 23.2 Å². The Balaban J connectivity index is 1.47. The maximum absolute atomic E-state index is 14.5. The summed E-state index contributed by atoms with van der Waals surface area (Å²) in [4.78, 5) is 14.8. The largest absolute Gasteiger partial charge is 0.389 e. The predicted octanol–water partition coefficient (Wildman–Crippen LogP) is 3.65. The Labute approximate surface area is 160 Å². The molecule has 4 aliphatic carbocycles. The van der Waals surface area contributed by atoms with Crippen molar-refractivity contribution < 1.29 is 14.3 Å². The van der Waals surface area contributed by atoms with E-state index in [4.69, 9.17) is 0 Å². The Kier molecular flexibility index (Phi) is 4.12. The van der Waals surface area contributed by atoms with Crippen LogP contribution in [0.15, 0.2) is 24.3 Å². The predicted molar refractivity (Wildman–Crippen MR) is 101 cm³/mol. The summed E-state index contributed by atoms with van der Waals surface area (Å²) >= 11 is 0. The van der Waals surface area contributed by atoms with Gasteiger partial charge in [-0.15, -0.1) is 0 Å². The highest BCUT2D eigenvalue weighted by Gasteiger charge is 2.59. The molecule has 0 unspecified atom stereocenters.